The van der Waals surface area contributed by atoms with E-state index in [-0.39, 0.29) is 16.0 Å². The molecule has 0 spiro atoms. The van der Waals surface area contributed by atoms with Crippen LogP contribution in [-0.2, 0) is 0 Å². The third kappa shape index (κ3) is 3.71. The minimum absolute atomic E-state index is 0.0978. The first-order chi connectivity index (χ1) is 10.6. The van der Waals surface area contributed by atoms with E-state index in [1.165, 1.54) is 6.07 Å². The van der Waals surface area contributed by atoms with E-state index in [1.807, 2.05) is 18.2 Å². The van der Waals surface area contributed by atoms with E-state index in [9.17, 15) is 10.1 Å². The summed E-state index contributed by atoms with van der Waals surface area (Å²) < 4.78 is 0. The van der Waals surface area contributed by atoms with E-state index >= 15 is 0 Å². The average molecular weight is 318 g/mol. The highest BCUT2D eigenvalue weighted by Crippen LogP contribution is 2.37. The zero-order chi connectivity index (χ0) is 16.0. The molecule has 0 aliphatic carbocycles. The second-order valence-electron chi connectivity index (χ2n) is 5.75. The van der Waals surface area contributed by atoms with Crippen LogP contribution >= 0.6 is 12.2 Å². The second-order valence-corrected chi connectivity index (χ2v) is 6.16. The van der Waals surface area contributed by atoms with Crippen LogP contribution in [0.2, 0.25) is 0 Å². The van der Waals surface area contributed by atoms with Crippen LogP contribution in [0.1, 0.15) is 44.6 Å². The van der Waals surface area contributed by atoms with Gasteiger partial charge in [-0.2, -0.15) is 0 Å². The van der Waals surface area contributed by atoms with Gasteiger partial charge in [0.15, 0.2) is 0 Å². The van der Waals surface area contributed by atoms with Crippen molar-refractivity contribution in [1.82, 2.24) is 5.32 Å². The van der Waals surface area contributed by atoms with Gasteiger partial charge < -0.3 is 5.32 Å². The Hall–Kier alpha value is -1.75. The quantitative estimate of drug-likeness (QED) is 0.477. The maximum atomic E-state index is 11.0. The predicted molar refractivity (Wildman–Crippen MR) is 93.9 cm³/mol. The lowest BCUT2D eigenvalue weighted by molar-refractivity contribution is -0.385. The summed E-state index contributed by atoms with van der Waals surface area (Å²) >= 11 is 5.51. The van der Waals surface area contributed by atoms with Crippen molar-refractivity contribution >= 4 is 29.0 Å². The maximum Gasteiger partial charge on any atom is 0.276 e. The lowest BCUT2D eigenvalue weighted by atomic mass is 9.74. The van der Waals surface area contributed by atoms with E-state index in [4.69, 9.17) is 12.2 Å². The van der Waals surface area contributed by atoms with Crippen molar-refractivity contribution in [1.29, 1.82) is 0 Å². The molecule has 22 heavy (non-hydrogen) atoms. The molecule has 0 amide bonds. The number of rotatable bonds is 6. The van der Waals surface area contributed by atoms with Crippen molar-refractivity contribution in [2.24, 2.45) is 5.41 Å². The zero-order valence-electron chi connectivity index (χ0n) is 12.9. The van der Waals surface area contributed by atoms with Crippen LogP contribution in [-0.4, -0.2) is 16.5 Å². The first kappa shape index (κ1) is 16.6. The van der Waals surface area contributed by atoms with Crippen molar-refractivity contribution < 1.29 is 4.92 Å². The fourth-order valence-electron chi connectivity index (χ4n) is 3.05. The van der Waals surface area contributed by atoms with Crippen molar-refractivity contribution in [3.05, 3.63) is 46.0 Å². The van der Waals surface area contributed by atoms with Crippen LogP contribution in [0.5, 0.6) is 0 Å². The first-order valence-corrected chi connectivity index (χ1v) is 8.18. The number of piperidine rings is 1. The summed E-state index contributed by atoms with van der Waals surface area (Å²) in [6.45, 7) is 3.16. The smallest absolute Gasteiger partial charge is 0.276 e. The molecule has 118 valence electrons. The van der Waals surface area contributed by atoms with Gasteiger partial charge in [0.25, 0.3) is 5.69 Å². The molecule has 1 aromatic carbocycles. The molecule has 0 saturated carbocycles. The molecule has 1 unspecified atom stereocenters. The standard InChI is InChI=1S/C17H22N2O2S/c1-2-17(12-7-13-18-16(17)22)11-6-5-9-14-8-3-4-10-15(14)19(20)21/h3-5,8-10H,2,6-7,11-13H2,1H3,(H,18,22)/b9-5-. The highest BCUT2D eigenvalue weighted by molar-refractivity contribution is 7.80. The minimum Gasteiger partial charge on any atom is -0.379 e. The number of para-hydroxylation sites is 1. The van der Waals surface area contributed by atoms with Crippen molar-refractivity contribution in [2.75, 3.05) is 6.54 Å². The Bertz CT molecular complexity index is 586. The Morgan fingerprint density at radius 3 is 2.91 bits per heavy atom. The second kappa shape index (κ2) is 7.49. The Morgan fingerprint density at radius 2 is 2.23 bits per heavy atom. The van der Waals surface area contributed by atoms with Crippen LogP contribution < -0.4 is 5.32 Å². The topological polar surface area (TPSA) is 55.2 Å². The molecule has 1 atom stereocenters. The molecule has 4 nitrogen and oxygen atoms in total. The number of thiocarbonyl (C=S) groups is 1. The summed E-state index contributed by atoms with van der Waals surface area (Å²) in [7, 11) is 0. The van der Waals surface area contributed by atoms with Gasteiger partial charge in [-0.15, -0.1) is 0 Å². The summed E-state index contributed by atoms with van der Waals surface area (Å²) in [5.74, 6) is 0. The van der Waals surface area contributed by atoms with Crippen LogP contribution in [0.15, 0.2) is 30.3 Å². The van der Waals surface area contributed by atoms with Crippen LogP contribution in [0, 0.1) is 15.5 Å². The van der Waals surface area contributed by atoms with Gasteiger partial charge in [-0.05, 0) is 38.2 Å². The monoisotopic (exact) mass is 318 g/mol. The molecule has 1 fully saturated rings. The van der Waals surface area contributed by atoms with E-state index in [1.54, 1.807) is 12.1 Å². The summed E-state index contributed by atoms with van der Waals surface area (Å²) in [6, 6.07) is 6.82. The number of nitro benzene ring substituents is 1. The Labute approximate surface area is 136 Å². The van der Waals surface area contributed by atoms with Gasteiger partial charge in [-0.1, -0.05) is 43.4 Å². The molecule has 2 rings (SSSR count). The third-order valence-corrected chi connectivity index (χ3v) is 5.07. The van der Waals surface area contributed by atoms with Crippen molar-refractivity contribution in [3.8, 4) is 0 Å². The molecule has 0 bridgehead atoms. The molecule has 1 heterocycles. The van der Waals surface area contributed by atoms with Gasteiger partial charge in [0.1, 0.15) is 0 Å². The number of allylic oxidation sites excluding steroid dienone is 1. The molecule has 5 heteroatoms. The number of nitro groups is 1. The van der Waals surface area contributed by atoms with Gasteiger partial charge in [-0.25, -0.2) is 0 Å². The van der Waals surface area contributed by atoms with Crippen LogP contribution in [0.25, 0.3) is 6.08 Å². The number of hydrogen-bond acceptors (Lipinski definition) is 3. The number of nitrogens with zero attached hydrogens (tertiary/aromatic N) is 1. The zero-order valence-corrected chi connectivity index (χ0v) is 13.7. The molecule has 1 N–H and O–H groups in total. The third-order valence-electron chi connectivity index (χ3n) is 4.50. The Balaban J connectivity index is 2.01. The molecule has 1 aromatic rings. The van der Waals surface area contributed by atoms with Crippen LogP contribution in [0.4, 0.5) is 5.69 Å². The van der Waals surface area contributed by atoms with E-state index in [2.05, 4.69) is 12.2 Å². The summed E-state index contributed by atoms with van der Waals surface area (Å²) in [5.41, 5.74) is 0.904. The molecule has 1 aliphatic heterocycles. The SMILES string of the molecule is CCC1(CC/C=C\c2ccccc2[N+](=O)[O-])CCCNC1=S. The van der Waals surface area contributed by atoms with Crippen molar-refractivity contribution in [3.63, 3.8) is 0 Å². The molecular formula is C17H22N2O2S. The Kier molecular flexibility index (Phi) is 5.66. The molecule has 0 radical (unpaired) electrons. The van der Waals surface area contributed by atoms with Crippen LogP contribution in [0.3, 0.4) is 0 Å². The normalized spacial score (nSPS) is 21.8. The van der Waals surface area contributed by atoms with Gasteiger partial charge in [-0.3, -0.25) is 10.1 Å². The highest BCUT2D eigenvalue weighted by Gasteiger charge is 2.34. The Morgan fingerprint density at radius 1 is 1.45 bits per heavy atom. The van der Waals surface area contributed by atoms with Gasteiger partial charge >= 0.3 is 0 Å². The maximum absolute atomic E-state index is 11.0. The summed E-state index contributed by atoms with van der Waals surface area (Å²) in [5, 5.41) is 14.3. The first-order valence-electron chi connectivity index (χ1n) is 7.77. The number of hydrogen-bond donors (Lipinski definition) is 1. The summed E-state index contributed by atoms with van der Waals surface area (Å²) in [6.07, 6.45) is 9.07. The molecule has 1 aliphatic rings. The number of benzene rings is 1. The van der Waals surface area contributed by atoms with Gasteiger partial charge in [0.05, 0.1) is 15.5 Å². The van der Waals surface area contributed by atoms with Gasteiger partial charge in [0, 0.05) is 18.0 Å². The van der Waals surface area contributed by atoms with E-state index < -0.39 is 0 Å². The largest absolute Gasteiger partial charge is 0.379 e. The van der Waals surface area contributed by atoms with E-state index in [0.29, 0.717) is 5.56 Å². The predicted octanol–water partition coefficient (Wildman–Crippen LogP) is 4.50. The van der Waals surface area contributed by atoms with E-state index in [0.717, 1.165) is 43.6 Å². The highest BCUT2D eigenvalue weighted by atomic mass is 32.1. The lowest BCUT2D eigenvalue weighted by Crippen LogP contribution is -2.44. The van der Waals surface area contributed by atoms with Gasteiger partial charge in [0.2, 0.25) is 0 Å². The summed E-state index contributed by atoms with van der Waals surface area (Å²) in [4.78, 5) is 11.6. The fourth-order valence-corrected chi connectivity index (χ4v) is 3.50. The number of nitrogens with one attached hydrogen (secondary N) is 1. The lowest BCUT2D eigenvalue weighted by Gasteiger charge is -2.37. The fraction of sp³-hybridized carbons (Fsp3) is 0.471. The molecule has 0 aromatic heterocycles. The minimum atomic E-state index is -0.340. The average Bonchev–Trinajstić information content (AvgIpc) is 2.53. The molecular weight excluding hydrogens is 296 g/mol. The molecule has 1 saturated heterocycles. The van der Waals surface area contributed by atoms with Crippen molar-refractivity contribution in [2.45, 2.75) is 39.0 Å².